The average molecular weight is 804 g/mol. The lowest BCUT2D eigenvalue weighted by atomic mass is 9.92. The van der Waals surface area contributed by atoms with Crippen LogP contribution in [-0.4, -0.2) is 0 Å². The Labute approximate surface area is 307 Å². The number of rotatable bonds is 28. The summed E-state index contributed by atoms with van der Waals surface area (Å²) in [5.74, 6) is 0. The van der Waals surface area contributed by atoms with Gasteiger partial charge in [0.25, 0.3) is 0 Å². The van der Waals surface area contributed by atoms with Crippen LogP contribution in [0.5, 0.6) is 0 Å². The van der Waals surface area contributed by atoms with E-state index in [2.05, 4.69) is 88.8 Å². The molecule has 46 heavy (non-hydrogen) atoms. The Hall–Kier alpha value is -0.610. The molecule has 0 unspecified atom stereocenters. The van der Waals surface area contributed by atoms with E-state index < -0.39 is 0 Å². The number of benzene rings is 3. The Morgan fingerprint density at radius 3 is 1.00 bits per heavy atom. The molecule has 0 aliphatic rings. The van der Waals surface area contributed by atoms with E-state index in [0.29, 0.717) is 0 Å². The van der Waals surface area contributed by atoms with Crippen LogP contribution < -0.4 is 0 Å². The number of hydrogen-bond donors (Lipinski definition) is 0. The molecule has 0 fully saturated rings. The number of hydrogen-bond acceptors (Lipinski definition) is 0. The summed E-state index contributed by atoms with van der Waals surface area (Å²) in [5, 5.41) is 5.54. The van der Waals surface area contributed by atoms with Crippen molar-refractivity contribution in [2.24, 2.45) is 0 Å². The van der Waals surface area contributed by atoms with Gasteiger partial charge in [0.1, 0.15) is 0 Å². The molecule has 3 aromatic rings. The van der Waals surface area contributed by atoms with Crippen molar-refractivity contribution in [3.63, 3.8) is 0 Å². The summed E-state index contributed by atoms with van der Waals surface area (Å²) >= 11 is 6.20. The van der Waals surface area contributed by atoms with Gasteiger partial charge in [-0.15, -0.1) is 0 Å². The molecule has 0 nitrogen and oxygen atoms in total. The molecule has 258 valence electrons. The summed E-state index contributed by atoms with van der Waals surface area (Å²) in [7, 11) is 0. The molecule has 0 bridgehead atoms. The molecule has 0 saturated carbocycles. The van der Waals surface area contributed by atoms with Crippen LogP contribution >= 0.6 is 38.5 Å². The van der Waals surface area contributed by atoms with Gasteiger partial charge in [0.05, 0.1) is 0 Å². The van der Waals surface area contributed by atoms with Gasteiger partial charge in [-0.25, -0.2) is 0 Å². The number of fused-ring (bicyclic) bond motifs is 2. The summed E-state index contributed by atoms with van der Waals surface area (Å²) < 4.78 is 2.49. The van der Waals surface area contributed by atoms with Crippen LogP contribution in [0.1, 0.15) is 192 Å². The standard InChI is InChI=1S/C44H68BrI/c1-3-5-7-9-11-13-15-17-19-21-23-25-27-29-37-31-39-33-41-35-43(45)44(46)36-42(41)34-40(39)32-38(37)30-28-26-24-22-20-18-16-14-12-10-8-6-4-2/h31-36H,3-30H2,1-2H3. The molecule has 2 heteroatoms. The zero-order valence-corrected chi connectivity index (χ0v) is 33.8. The highest BCUT2D eigenvalue weighted by atomic mass is 127. The Morgan fingerprint density at radius 2 is 0.652 bits per heavy atom. The third kappa shape index (κ3) is 16.2. The van der Waals surface area contributed by atoms with E-state index in [1.807, 2.05) is 0 Å². The maximum atomic E-state index is 3.75. The monoisotopic (exact) mass is 802 g/mol. The molecule has 0 amide bonds. The van der Waals surface area contributed by atoms with Crippen molar-refractivity contribution in [3.05, 3.63) is 55.6 Å². The minimum Gasteiger partial charge on any atom is -0.0654 e. The van der Waals surface area contributed by atoms with E-state index in [4.69, 9.17) is 0 Å². The lowest BCUT2D eigenvalue weighted by Gasteiger charge is -2.14. The Kier molecular flexibility index (Phi) is 22.0. The molecular formula is C44H68BrI. The zero-order chi connectivity index (χ0) is 32.7. The summed E-state index contributed by atoms with van der Waals surface area (Å²) in [4.78, 5) is 0. The first-order valence-electron chi connectivity index (χ1n) is 20.0. The Morgan fingerprint density at radius 1 is 0.370 bits per heavy atom. The van der Waals surface area contributed by atoms with Crippen molar-refractivity contribution in [1.82, 2.24) is 0 Å². The van der Waals surface area contributed by atoms with E-state index in [1.165, 1.54) is 209 Å². The predicted molar refractivity (Wildman–Crippen MR) is 221 cm³/mol. The first-order valence-corrected chi connectivity index (χ1v) is 21.8. The molecule has 0 N–H and O–H groups in total. The van der Waals surface area contributed by atoms with E-state index in [0.717, 1.165) is 0 Å². The fraction of sp³-hybridized carbons (Fsp3) is 0.682. The number of unbranched alkanes of at least 4 members (excludes halogenated alkanes) is 24. The van der Waals surface area contributed by atoms with Crippen molar-refractivity contribution in [2.45, 2.75) is 194 Å². The summed E-state index contributed by atoms with van der Waals surface area (Å²) in [6.07, 6.45) is 39.5. The average Bonchev–Trinajstić information content (AvgIpc) is 3.05. The Balaban J connectivity index is 1.43. The molecule has 0 radical (unpaired) electrons. The van der Waals surface area contributed by atoms with Crippen LogP contribution in [0.3, 0.4) is 0 Å². The van der Waals surface area contributed by atoms with Crippen molar-refractivity contribution in [3.8, 4) is 0 Å². The highest BCUT2D eigenvalue weighted by Gasteiger charge is 2.09. The van der Waals surface area contributed by atoms with Gasteiger partial charge in [0.15, 0.2) is 0 Å². The molecule has 0 saturated heterocycles. The smallest absolute Gasteiger partial charge is 0.0315 e. The van der Waals surface area contributed by atoms with Gasteiger partial charge in [0, 0.05) is 8.04 Å². The number of halogens is 2. The largest absolute Gasteiger partial charge is 0.0654 e. The fourth-order valence-electron chi connectivity index (χ4n) is 7.27. The van der Waals surface area contributed by atoms with E-state index in [9.17, 15) is 0 Å². The van der Waals surface area contributed by atoms with Crippen LogP contribution in [0, 0.1) is 3.57 Å². The second-order valence-corrected chi connectivity index (χ2v) is 16.4. The van der Waals surface area contributed by atoms with Crippen molar-refractivity contribution < 1.29 is 0 Å². The number of aryl methyl sites for hydroxylation is 2. The van der Waals surface area contributed by atoms with Crippen molar-refractivity contribution in [1.29, 1.82) is 0 Å². The van der Waals surface area contributed by atoms with Crippen LogP contribution in [0.4, 0.5) is 0 Å². The van der Waals surface area contributed by atoms with Crippen molar-refractivity contribution >= 4 is 60.1 Å². The molecule has 0 heterocycles. The van der Waals surface area contributed by atoms with Gasteiger partial charge >= 0.3 is 0 Å². The summed E-state index contributed by atoms with van der Waals surface area (Å²) in [6, 6.07) is 14.6. The SMILES string of the molecule is CCCCCCCCCCCCCCCc1cc2cc3cc(Br)c(I)cc3cc2cc1CCCCCCCCCCCCCCC. The van der Waals surface area contributed by atoms with Crippen LogP contribution in [0.15, 0.2) is 40.9 Å². The second kappa shape index (κ2) is 25.4. The van der Waals surface area contributed by atoms with Crippen molar-refractivity contribution in [2.75, 3.05) is 0 Å². The summed E-state index contributed by atoms with van der Waals surface area (Å²) in [6.45, 7) is 4.62. The van der Waals surface area contributed by atoms with Gasteiger partial charge in [-0.2, -0.15) is 0 Å². The van der Waals surface area contributed by atoms with Gasteiger partial charge < -0.3 is 0 Å². The highest BCUT2D eigenvalue weighted by Crippen LogP contribution is 2.32. The molecule has 0 aliphatic carbocycles. The van der Waals surface area contributed by atoms with Gasteiger partial charge in [-0.05, 0) is 121 Å². The van der Waals surface area contributed by atoms with Crippen LogP contribution in [0.25, 0.3) is 21.5 Å². The third-order valence-corrected chi connectivity index (χ3v) is 12.5. The second-order valence-electron chi connectivity index (χ2n) is 14.4. The quantitative estimate of drug-likeness (QED) is 0.0390. The maximum absolute atomic E-state index is 3.75. The molecular weight excluding hydrogens is 735 g/mol. The Bertz CT molecular complexity index is 1120. The van der Waals surface area contributed by atoms with E-state index >= 15 is 0 Å². The normalized spacial score (nSPS) is 11.7. The lowest BCUT2D eigenvalue weighted by molar-refractivity contribution is 0.537. The van der Waals surface area contributed by atoms with Gasteiger partial charge in [-0.3, -0.25) is 0 Å². The van der Waals surface area contributed by atoms with Gasteiger partial charge in [0.2, 0.25) is 0 Å². The summed E-state index contributed by atoms with van der Waals surface area (Å²) in [5.41, 5.74) is 3.25. The third-order valence-electron chi connectivity index (χ3n) is 10.3. The topological polar surface area (TPSA) is 0 Å². The predicted octanol–water partition coefficient (Wildman–Crippen LogP) is 16.6. The minimum absolute atomic E-state index is 1.20. The van der Waals surface area contributed by atoms with Gasteiger partial charge in [-0.1, -0.05) is 180 Å². The first-order chi connectivity index (χ1) is 22.6. The van der Waals surface area contributed by atoms with E-state index in [1.54, 1.807) is 11.1 Å². The highest BCUT2D eigenvalue weighted by molar-refractivity contribution is 14.1. The molecule has 0 aromatic heterocycles. The van der Waals surface area contributed by atoms with Crippen LogP contribution in [0.2, 0.25) is 0 Å². The van der Waals surface area contributed by atoms with Crippen LogP contribution in [-0.2, 0) is 12.8 Å². The lowest BCUT2D eigenvalue weighted by Crippen LogP contribution is -1.97. The molecule has 3 rings (SSSR count). The zero-order valence-electron chi connectivity index (χ0n) is 30.0. The molecule has 0 spiro atoms. The minimum atomic E-state index is 1.20. The first kappa shape index (κ1) is 39.8. The maximum Gasteiger partial charge on any atom is 0.0315 e. The molecule has 0 atom stereocenters. The fourth-order valence-corrected chi connectivity index (χ4v) is 8.12. The van der Waals surface area contributed by atoms with E-state index in [-0.39, 0.29) is 0 Å². The molecule has 3 aromatic carbocycles. The molecule has 0 aliphatic heterocycles.